The van der Waals surface area contributed by atoms with Gasteiger partial charge < -0.3 is 19.5 Å². The third-order valence-corrected chi connectivity index (χ3v) is 6.87. The summed E-state index contributed by atoms with van der Waals surface area (Å²) in [6.07, 6.45) is 6.40. The second kappa shape index (κ2) is 8.46. The van der Waals surface area contributed by atoms with Crippen molar-refractivity contribution >= 4 is 43.7 Å². The van der Waals surface area contributed by atoms with Crippen LogP contribution in [0.5, 0.6) is 5.75 Å². The number of nitrogens with zero attached hydrogens (tertiary/aromatic N) is 2. The zero-order valence-electron chi connectivity index (χ0n) is 18.6. The van der Waals surface area contributed by atoms with E-state index in [4.69, 9.17) is 9.47 Å². The van der Waals surface area contributed by atoms with E-state index in [-0.39, 0.29) is 18.0 Å². The predicted molar refractivity (Wildman–Crippen MR) is 130 cm³/mol. The quantitative estimate of drug-likeness (QED) is 0.518. The van der Waals surface area contributed by atoms with Crippen LogP contribution >= 0.6 is 0 Å². The Balaban J connectivity index is 1.47. The Kier molecular flexibility index (Phi) is 5.62. The fourth-order valence-electron chi connectivity index (χ4n) is 4.83. The van der Waals surface area contributed by atoms with Gasteiger partial charge in [0, 0.05) is 39.0 Å². The monoisotopic (exact) mass is 470 g/mol. The van der Waals surface area contributed by atoms with Crippen LogP contribution in [0, 0.1) is 18.7 Å². The van der Waals surface area contributed by atoms with Crippen LogP contribution in [0.3, 0.4) is 0 Å². The van der Waals surface area contributed by atoms with Gasteiger partial charge in [0.05, 0.1) is 23.9 Å². The molecule has 1 aliphatic carbocycles. The molecule has 7 nitrogen and oxygen atoms in total. The van der Waals surface area contributed by atoms with Gasteiger partial charge in [-0.3, -0.25) is 0 Å². The maximum Gasteiger partial charge on any atom is 0.146 e. The summed E-state index contributed by atoms with van der Waals surface area (Å²) < 4.78 is 41.3. The summed E-state index contributed by atoms with van der Waals surface area (Å²) in [4.78, 5) is 8.81. The highest BCUT2D eigenvalue weighted by molar-refractivity contribution is 8.00. The number of aryl methyl sites for hydroxylation is 1. The number of hydrogen-bond acceptors (Lipinski definition) is 6. The maximum atomic E-state index is 14.1. The molecule has 0 amide bonds. The highest BCUT2D eigenvalue weighted by Crippen LogP contribution is 2.40. The molecule has 1 aromatic heterocycles. The minimum atomic E-state index is -2.42. The molecule has 5 rings (SSSR count). The lowest BCUT2D eigenvalue weighted by Gasteiger charge is -2.21. The van der Waals surface area contributed by atoms with E-state index in [0.717, 1.165) is 30.2 Å². The molecule has 9 heteroatoms. The second-order valence-electron chi connectivity index (χ2n) is 8.90. The van der Waals surface area contributed by atoms with Gasteiger partial charge in [-0.1, -0.05) is 6.42 Å². The number of anilines is 3. The minimum Gasteiger partial charge on any atom is -0.485 e. The first-order valence-corrected chi connectivity index (χ1v) is 13.1. The fraction of sp³-hybridized carbons (Fsp3) is 0.375. The molecule has 2 fully saturated rings. The van der Waals surface area contributed by atoms with Crippen molar-refractivity contribution in [1.29, 1.82) is 0 Å². The maximum absolute atomic E-state index is 14.1. The molecule has 1 saturated heterocycles. The van der Waals surface area contributed by atoms with Gasteiger partial charge >= 0.3 is 0 Å². The van der Waals surface area contributed by atoms with Crippen molar-refractivity contribution in [2.75, 3.05) is 22.9 Å². The van der Waals surface area contributed by atoms with E-state index in [1.54, 1.807) is 12.3 Å². The lowest BCUT2D eigenvalue weighted by atomic mass is 10.0. The van der Waals surface area contributed by atoms with E-state index >= 15 is 0 Å². The number of nitrogens with one attached hydrogen (secondary N) is 2. The summed E-state index contributed by atoms with van der Waals surface area (Å²) in [7, 11) is -2.42. The number of fused-ring (bicyclic) bond motifs is 2. The van der Waals surface area contributed by atoms with Gasteiger partial charge in [0.1, 0.15) is 29.8 Å². The van der Waals surface area contributed by atoms with E-state index < -0.39 is 9.71 Å². The van der Waals surface area contributed by atoms with E-state index in [2.05, 4.69) is 25.9 Å². The number of halogens is 1. The molecule has 3 aromatic rings. The summed E-state index contributed by atoms with van der Waals surface area (Å²) in [5.41, 5.74) is 2.87. The highest BCUT2D eigenvalue weighted by Gasteiger charge is 2.42. The SMILES string of the molecule is C=S(C)(=O)Nc1cc(C)c2c(Nc3ccc(F)cc3OC3COC4CCCC43)ncnc2c1. The van der Waals surface area contributed by atoms with E-state index in [1.165, 1.54) is 18.5 Å². The largest absolute Gasteiger partial charge is 0.485 e. The first-order chi connectivity index (χ1) is 15.8. The van der Waals surface area contributed by atoms with Crippen molar-refractivity contribution in [1.82, 2.24) is 9.97 Å². The molecule has 174 valence electrons. The van der Waals surface area contributed by atoms with Crippen molar-refractivity contribution in [2.24, 2.45) is 5.92 Å². The number of benzene rings is 2. The van der Waals surface area contributed by atoms with Gasteiger partial charge in [-0.25, -0.2) is 18.6 Å². The summed E-state index contributed by atoms with van der Waals surface area (Å²) in [5.74, 6) is 4.63. The first kappa shape index (κ1) is 21.9. The Morgan fingerprint density at radius 3 is 2.91 bits per heavy atom. The molecule has 4 atom stereocenters. The number of ether oxygens (including phenoxy) is 2. The molecule has 0 radical (unpaired) electrons. The fourth-order valence-corrected chi connectivity index (χ4v) is 5.45. The normalized spacial score (nSPS) is 23.8. The lowest BCUT2D eigenvalue weighted by Crippen LogP contribution is -2.26. The zero-order valence-corrected chi connectivity index (χ0v) is 19.5. The molecular formula is C24H27FN4O3S. The summed E-state index contributed by atoms with van der Waals surface area (Å²) >= 11 is 0. The molecule has 0 spiro atoms. The third-order valence-electron chi connectivity index (χ3n) is 6.20. The Labute approximate surface area is 192 Å². The molecule has 1 aliphatic heterocycles. The van der Waals surface area contributed by atoms with Gasteiger partial charge in [-0.05, 0) is 55.5 Å². The van der Waals surface area contributed by atoms with Crippen LogP contribution in [0.25, 0.3) is 10.9 Å². The average Bonchev–Trinajstić information content (AvgIpc) is 3.34. The standard InChI is InChI=1S/C24H27FN4O3S/c1-14-9-16(29-33(2,3)30)11-19-23(14)24(27-13-26-19)28-18-8-7-15(25)10-21(18)32-22-12-31-20-6-4-5-17(20)22/h7-11,13,17,20,22H,2,4-6,12H2,1,3H3,(H,29,30)(H,26,27,28). The highest BCUT2D eigenvalue weighted by atomic mass is 32.2. The van der Waals surface area contributed by atoms with Crippen LogP contribution < -0.4 is 14.8 Å². The molecule has 2 N–H and O–H groups in total. The Morgan fingerprint density at radius 2 is 2.09 bits per heavy atom. The summed E-state index contributed by atoms with van der Waals surface area (Å²) in [6.45, 7) is 2.45. The number of rotatable bonds is 6. The topological polar surface area (TPSA) is 85.4 Å². The molecule has 4 unspecified atom stereocenters. The van der Waals surface area contributed by atoms with Crippen molar-refractivity contribution < 1.29 is 18.1 Å². The van der Waals surface area contributed by atoms with Gasteiger partial charge in [-0.15, -0.1) is 0 Å². The van der Waals surface area contributed by atoms with Crippen LogP contribution in [0.4, 0.5) is 21.6 Å². The number of aromatic nitrogens is 2. The Morgan fingerprint density at radius 1 is 1.24 bits per heavy atom. The lowest BCUT2D eigenvalue weighted by molar-refractivity contribution is 0.0917. The van der Waals surface area contributed by atoms with Crippen molar-refractivity contribution in [2.45, 2.75) is 38.4 Å². The molecule has 2 heterocycles. The van der Waals surface area contributed by atoms with E-state index in [1.807, 2.05) is 19.1 Å². The third kappa shape index (κ3) is 4.60. The van der Waals surface area contributed by atoms with Crippen molar-refractivity contribution in [3.8, 4) is 5.75 Å². The zero-order chi connectivity index (χ0) is 23.2. The molecule has 33 heavy (non-hydrogen) atoms. The molecule has 2 aromatic carbocycles. The molecular weight excluding hydrogens is 443 g/mol. The van der Waals surface area contributed by atoms with Crippen LogP contribution in [0.2, 0.25) is 0 Å². The van der Waals surface area contributed by atoms with Crippen LogP contribution in [0.1, 0.15) is 24.8 Å². The minimum absolute atomic E-state index is 0.0936. The summed E-state index contributed by atoms with van der Waals surface area (Å²) in [5, 5.41) is 4.12. The second-order valence-corrected chi connectivity index (χ2v) is 11.1. The summed E-state index contributed by atoms with van der Waals surface area (Å²) in [6, 6.07) is 8.13. The Hall–Kier alpha value is -2.91. The smallest absolute Gasteiger partial charge is 0.146 e. The molecule has 2 aliphatic rings. The molecule has 1 saturated carbocycles. The van der Waals surface area contributed by atoms with Crippen LogP contribution in [0.15, 0.2) is 36.7 Å². The van der Waals surface area contributed by atoms with Gasteiger partial charge in [0.25, 0.3) is 0 Å². The van der Waals surface area contributed by atoms with E-state index in [0.29, 0.717) is 41.0 Å². The Bertz CT molecular complexity index is 1310. The first-order valence-electron chi connectivity index (χ1n) is 11.0. The van der Waals surface area contributed by atoms with Crippen LogP contribution in [-0.4, -0.2) is 45.1 Å². The van der Waals surface area contributed by atoms with Gasteiger partial charge in [-0.2, -0.15) is 0 Å². The number of hydrogen-bond donors (Lipinski definition) is 2. The van der Waals surface area contributed by atoms with Gasteiger partial charge in [0.15, 0.2) is 0 Å². The van der Waals surface area contributed by atoms with Crippen molar-refractivity contribution in [3.63, 3.8) is 0 Å². The van der Waals surface area contributed by atoms with Crippen LogP contribution in [-0.2, 0) is 14.4 Å². The van der Waals surface area contributed by atoms with Crippen molar-refractivity contribution in [3.05, 3.63) is 48.0 Å². The van der Waals surface area contributed by atoms with Gasteiger partial charge in [0.2, 0.25) is 0 Å². The van der Waals surface area contributed by atoms with E-state index in [9.17, 15) is 8.60 Å². The molecule has 0 bridgehead atoms. The predicted octanol–water partition coefficient (Wildman–Crippen LogP) is 4.44. The average molecular weight is 471 g/mol.